The average molecular weight is 292 g/mol. The van der Waals surface area contributed by atoms with Crippen LogP contribution in [0.1, 0.15) is 6.42 Å². The molecule has 0 saturated carbocycles. The lowest BCUT2D eigenvalue weighted by Crippen LogP contribution is -2.33. The predicted octanol–water partition coefficient (Wildman–Crippen LogP) is 5.09. The zero-order valence-electron chi connectivity index (χ0n) is 8.35. The topological polar surface area (TPSA) is 0 Å². The molecule has 0 aromatic heterocycles. The summed E-state index contributed by atoms with van der Waals surface area (Å²) in [4.78, 5) is 0. The van der Waals surface area contributed by atoms with Crippen molar-refractivity contribution in [3.63, 3.8) is 0 Å². The molecule has 0 fully saturated rings. The fourth-order valence-corrected chi connectivity index (χ4v) is 0.309. The molecular weight excluding hydrogens is 286 g/mol. The van der Waals surface area contributed by atoms with E-state index in [1.54, 1.807) is 0 Å². The van der Waals surface area contributed by atoms with E-state index in [0.717, 1.165) is 0 Å². The molecule has 0 atom stereocenters. The van der Waals surface area contributed by atoms with Crippen LogP contribution in [0.2, 0.25) is 0 Å². The number of allylic oxidation sites excluding steroid dienone is 2. The molecule has 0 nitrogen and oxygen atoms in total. The maximum absolute atomic E-state index is 11.4. The first-order valence-electron chi connectivity index (χ1n) is 3.89. The van der Waals surface area contributed by atoms with E-state index >= 15 is 0 Å². The molecule has 0 aliphatic heterocycles. The lowest BCUT2D eigenvalue weighted by molar-refractivity contribution is -0.259. The highest BCUT2D eigenvalue weighted by molar-refractivity contribution is 4.92. The van der Waals surface area contributed by atoms with Gasteiger partial charge in [0.1, 0.15) is 0 Å². The summed E-state index contributed by atoms with van der Waals surface area (Å²) in [5, 5.41) is 0. The number of halogens is 10. The Bertz CT molecular complexity index is 277. The zero-order valence-corrected chi connectivity index (χ0v) is 8.35. The number of hydrogen-bond acceptors (Lipinski definition) is 0. The van der Waals surface area contributed by atoms with E-state index in [2.05, 4.69) is 6.58 Å². The second-order valence-corrected chi connectivity index (χ2v) is 2.64. The van der Waals surface area contributed by atoms with Gasteiger partial charge < -0.3 is 0 Å². The third-order valence-corrected chi connectivity index (χ3v) is 1.12. The van der Waals surface area contributed by atoms with Crippen LogP contribution in [0.5, 0.6) is 0 Å². The molecule has 0 aromatic carbocycles. The molecule has 0 N–H and O–H groups in total. The Balaban J connectivity index is 0. The smallest absolute Gasteiger partial charge is 0.192 e. The van der Waals surface area contributed by atoms with E-state index < -0.39 is 36.9 Å². The molecule has 0 heterocycles. The fourth-order valence-electron chi connectivity index (χ4n) is 0.309. The average Bonchev–Trinajstić information content (AvgIpc) is 2.13. The van der Waals surface area contributed by atoms with Gasteiger partial charge in [-0.2, -0.15) is 43.9 Å². The Hall–Kier alpha value is -1.22. The quantitative estimate of drug-likeness (QED) is 0.491. The Labute approximate surface area is 94.6 Å². The van der Waals surface area contributed by atoms with Crippen LogP contribution in [0, 0.1) is 0 Å². The predicted molar refractivity (Wildman–Crippen MR) is 42.2 cm³/mol. The van der Waals surface area contributed by atoms with Crippen molar-refractivity contribution >= 4 is 0 Å². The summed E-state index contributed by atoms with van der Waals surface area (Å²) in [5.41, 5.74) is 0. The van der Waals surface area contributed by atoms with E-state index in [9.17, 15) is 43.9 Å². The van der Waals surface area contributed by atoms with E-state index in [-0.39, 0.29) is 6.08 Å². The van der Waals surface area contributed by atoms with E-state index in [0.29, 0.717) is 0 Å². The zero-order chi connectivity index (χ0) is 15.2. The lowest BCUT2D eigenvalue weighted by atomic mass is 10.3. The van der Waals surface area contributed by atoms with Gasteiger partial charge in [-0.05, 0) is 12.2 Å². The molecule has 0 aromatic rings. The van der Waals surface area contributed by atoms with Crippen LogP contribution in [0.3, 0.4) is 0 Å². The van der Waals surface area contributed by atoms with Crippen LogP contribution < -0.4 is 0 Å². The van der Waals surface area contributed by atoms with Crippen LogP contribution in [-0.2, 0) is 0 Å². The molecule has 0 spiro atoms. The highest BCUT2D eigenvalue weighted by Crippen LogP contribution is 2.35. The van der Waals surface area contributed by atoms with Crippen molar-refractivity contribution in [2.45, 2.75) is 24.7 Å². The van der Waals surface area contributed by atoms with Gasteiger partial charge in [-0.25, -0.2) is 0 Å². The molecule has 0 radical (unpaired) electrons. The number of rotatable bonds is 2. The van der Waals surface area contributed by atoms with Crippen molar-refractivity contribution in [1.29, 1.82) is 0 Å². The molecule has 0 amide bonds. The second kappa shape index (κ2) is 6.64. The van der Waals surface area contributed by atoms with Gasteiger partial charge in [0.2, 0.25) is 0 Å². The Morgan fingerprint density at radius 3 is 1.33 bits per heavy atom. The van der Waals surface area contributed by atoms with Crippen LogP contribution in [-0.4, -0.2) is 18.3 Å². The largest absolute Gasteiger partial charge is 0.457 e. The maximum atomic E-state index is 11.4. The van der Waals surface area contributed by atoms with Gasteiger partial charge in [0.05, 0.1) is 6.42 Å². The highest BCUT2D eigenvalue weighted by atomic mass is 19.4. The van der Waals surface area contributed by atoms with Gasteiger partial charge in [0.25, 0.3) is 6.08 Å². The van der Waals surface area contributed by atoms with Gasteiger partial charge in [0.15, 0.2) is 0 Å². The minimum absolute atomic E-state index is 0.167. The van der Waals surface area contributed by atoms with Crippen molar-refractivity contribution in [1.82, 2.24) is 0 Å². The molecule has 108 valence electrons. The first-order chi connectivity index (χ1) is 7.73. The van der Waals surface area contributed by atoms with Crippen molar-refractivity contribution in [3.05, 3.63) is 24.8 Å². The van der Waals surface area contributed by atoms with E-state index in [1.165, 1.54) is 0 Å². The Morgan fingerprint density at radius 1 is 0.889 bits per heavy atom. The van der Waals surface area contributed by atoms with Gasteiger partial charge in [0, 0.05) is 0 Å². The van der Waals surface area contributed by atoms with Gasteiger partial charge in [-0.3, -0.25) is 0 Å². The van der Waals surface area contributed by atoms with Crippen LogP contribution in [0.25, 0.3) is 0 Å². The maximum Gasteiger partial charge on any atom is 0.457 e. The van der Waals surface area contributed by atoms with Gasteiger partial charge in [-0.15, -0.1) is 0 Å². The molecule has 0 saturated heterocycles. The minimum atomic E-state index is -5.51. The summed E-state index contributed by atoms with van der Waals surface area (Å²) >= 11 is 0. The summed E-state index contributed by atoms with van der Waals surface area (Å²) in [7, 11) is 0. The summed E-state index contributed by atoms with van der Waals surface area (Å²) in [6.45, 7) is 2.33. The van der Waals surface area contributed by atoms with Crippen LogP contribution in [0.15, 0.2) is 24.8 Å². The summed E-state index contributed by atoms with van der Waals surface area (Å²) in [6.07, 6.45) is -14.5. The molecule has 0 unspecified atom stereocenters. The molecule has 0 aliphatic carbocycles. The first kappa shape index (κ1) is 19.1. The van der Waals surface area contributed by atoms with Gasteiger partial charge in [-0.1, -0.05) is 6.58 Å². The summed E-state index contributed by atoms with van der Waals surface area (Å²) in [5.74, 6) is -4.76. The second-order valence-electron chi connectivity index (χ2n) is 2.64. The third kappa shape index (κ3) is 9.97. The molecule has 0 rings (SSSR count). The lowest BCUT2D eigenvalue weighted by Gasteiger charge is -2.13. The molecule has 0 bridgehead atoms. The van der Waals surface area contributed by atoms with E-state index in [4.69, 9.17) is 0 Å². The monoisotopic (exact) mass is 292 g/mol. The Kier molecular flexibility index (Phi) is 7.06. The van der Waals surface area contributed by atoms with E-state index in [1.807, 2.05) is 0 Å². The summed E-state index contributed by atoms with van der Waals surface area (Å²) in [6, 6.07) is 0. The van der Waals surface area contributed by atoms with Crippen LogP contribution in [0.4, 0.5) is 43.9 Å². The van der Waals surface area contributed by atoms with Crippen molar-refractivity contribution < 1.29 is 43.9 Å². The van der Waals surface area contributed by atoms with Crippen molar-refractivity contribution in [2.24, 2.45) is 0 Å². The fraction of sp³-hybridized carbons (Fsp3) is 0.500. The molecule has 18 heavy (non-hydrogen) atoms. The molecular formula is C8H6F10. The number of hydrogen-bond donors (Lipinski definition) is 0. The number of alkyl halides is 8. The minimum Gasteiger partial charge on any atom is -0.192 e. The van der Waals surface area contributed by atoms with Crippen molar-refractivity contribution in [3.8, 4) is 0 Å². The van der Waals surface area contributed by atoms with Gasteiger partial charge >= 0.3 is 18.3 Å². The SMILES string of the molecule is C=CC(F)(F)C(F)(F)F.FC(F)=CCC(F)(F)F. The highest BCUT2D eigenvalue weighted by Gasteiger charge is 2.54. The first-order valence-corrected chi connectivity index (χ1v) is 3.89. The third-order valence-electron chi connectivity index (χ3n) is 1.12. The van der Waals surface area contributed by atoms with Crippen LogP contribution >= 0.6 is 0 Å². The molecule has 10 heteroatoms. The standard InChI is InChI=1S/2C4H3F5/c1-2-3(5,6)4(7,8)9;5-3(6)1-2-4(7,8)9/h2H,1H2;1H,2H2. The summed E-state index contributed by atoms with van der Waals surface area (Å²) < 4.78 is 111. The van der Waals surface area contributed by atoms with Crippen molar-refractivity contribution in [2.75, 3.05) is 0 Å². The normalized spacial score (nSPS) is 12.3. The molecule has 0 aliphatic rings. The Morgan fingerprint density at radius 2 is 1.28 bits per heavy atom.